The van der Waals surface area contributed by atoms with Crippen molar-refractivity contribution in [2.45, 2.75) is 39.0 Å². The molecule has 0 unspecified atom stereocenters. The van der Waals surface area contributed by atoms with E-state index in [9.17, 15) is 4.39 Å². The molecule has 0 saturated heterocycles. The number of hydrogen-bond donors (Lipinski definition) is 0. The van der Waals surface area contributed by atoms with E-state index < -0.39 is 0 Å². The lowest BCUT2D eigenvalue weighted by molar-refractivity contribution is 0.579. The quantitative estimate of drug-likeness (QED) is 0.670. The van der Waals surface area contributed by atoms with Crippen molar-refractivity contribution in [3.05, 3.63) is 49.2 Å². The molecule has 0 N–H and O–H groups in total. The largest absolute Gasteiger partial charge is 0.369 e. The molecule has 2 heteroatoms. The number of nitrogens with zero attached hydrogens (tertiary/aromatic N) is 1. The van der Waals surface area contributed by atoms with E-state index in [4.69, 9.17) is 0 Å². The maximum Gasteiger partial charge on any atom is 0.146 e. The molecule has 0 saturated carbocycles. The Morgan fingerprint density at radius 3 is 2.47 bits per heavy atom. The monoisotopic (exact) mass is 262 g/mol. The van der Waals surface area contributed by atoms with Gasteiger partial charge in [-0.15, -0.1) is 6.58 Å². The predicted octanol–water partition coefficient (Wildman–Crippen LogP) is 4.73. The molecule has 1 aromatic carbocycles. The number of anilines is 1. The van der Waals surface area contributed by atoms with Crippen LogP contribution >= 0.6 is 0 Å². The van der Waals surface area contributed by atoms with Gasteiger partial charge in [0.2, 0.25) is 0 Å². The van der Waals surface area contributed by atoms with Crippen LogP contribution in [-0.2, 0) is 5.41 Å². The Morgan fingerprint density at radius 1 is 1.26 bits per heavy atom. The highest BCUT2D eigenvalue weighted by Gasteiger charge is 2.18. The van der Waals surface area contributed by atoms with Gasteiger partial charge < -0.3 is 4.90 Å². The molecule has 1 aromatic rings. The van der Waals surface area contributed by atoms with Crippen molar-refractivity contribution in [3.63, 3.8) is 0 Å². The van der Waals surface area contributed by atoms with Crippen molar-refractivity contribution in [2.24, 2.45) is 0 Å². The second kappa shape index (κ2) is 6.74. The van der Waals surface area contributed by atoms with Crippen LogP contribution in [0.15, 0.2) is 30.9 Å². The second-order valence-electron chi connectivity index (χ2n) is 5.83. The standard InChI is InChI=1S/C17H25FN/c1-6-8-12-19(11-7-2)16-13-14(17(3,4)5)9-10-15(16)18/h6,9-10,13H,1-2,7-8,11-12H2,3-5H3. The maximum atomic E-state index is 14.1. The van der Waals surface area contributed by atoms with E-state index in [0.717, 1.165) is 31.5 Å². The molecule has 0 aliphatic heterocycles. The Bertz CT molecular complexity index is 418. The topological polar surface area (TPSA) is 3.24 Å². The number of hydrogen-bond acceptors (Lipinski definition) is 1. The van der Waals surface area contributed by atoms with Gasteiger partial charge in [0.15, 0.2) is 0 Å². The summed E-state index contributed by atoms with van der Waals surface area (Å²) >= 11 is 0. The fraction of sp³-hybridized carbons (Fsp3) is 0.471. The van der Waals surface area contributed by atoms with Crippen LogP contribution in [0.3, 0.4) is 0 Å². The van der Waals surface area contributed by atoms with Gasteiger partial charge in [-0.1, -0.05) is 39.8 Å². The first-order chi connectivity index (χ1) is 8.90. The van der Waals surface area contributed by atoms with Crippen molar-refractivity contribution in [2.75, 3.05) is 18.0 Å². The molecule has 0 amide bonds. The minimum atomic E-state index is -0.162. The van der Waals surface area contributed by atoms with Gasteiger partial charge in [-0.3, -0.25) is 0 Å². The lowest BCUT2D eigenvalue weighted by Gasteiger charge is -2.27. The van der Waals surface area contributed by atoms with Gasteiger partial charge in [0.25, 0.3) is 0 Å². The van der Waals surface area contributed by atoms with E-state index in [2.05, 4.69) is 39.2 Å². The minimum absolute atomic E-state index is 0.0248. The van der Waals surface area contributed by atoms with Crippen molar-refractivity contribution in [3.8, 4) is 0 Å². The molecule has 0 aromatic heterocycles. The van der Waals surface area contributed by atoms with E-state index in [1.165, 1.54) is 0 Å². The van der Waals surface area contributed by atoms with Gasteiger partial charge in [0.05, 0.1) is 5.69 Å². The third kappa shape index (κ3) is 4.38. The predicted molar refractivity (Wildman–Crippen MR) is 82.1 cm³/mol. The fourth-order valence-corrected chi connectivity index (χ4v) is 2.01. The molecule has 19 heavy (non-hydrogen) atoms. The third-order valence-electron chi connectivity index (χ3n) is 3.18. The summed E-state index contributed by atoms with van der Waals surface area (Å²) < 4.78 is 14.1. The summed E-state index contributed by atoms with van der Waals surface area (Å²) in [4.78, 5) is 2.05. The van der Waals surface area contributed by atoms with Crippen LogP contribution in [-0.4, -0.2) is 13.1 Å². The van der Waals surface area contributed by atoms with E-state index in [0.29, 0.717) is 5.69 Å². The Labute approximate surface area is 117 Å². The Hall–Kier alpha value is -1.31. The maximum absolute atomic E-state index is 14.1. The summed E-state index contributed by atoms with van der Waals surface area (Å²) in [7, 11) is 0. The van der Waals surface area contributed by atoms with Gasteiger partial charge >= 0.3 is 0 Å². The van der Waals surface area contributed by atoms with E-state index in [1.807, 2.05) is 18.2 Å². The average molecular weight is 262 g/mol. The van der Waals surface area contributed by atoms with Crippen molar-refractivity contribution in [1.29, 1.82) is 0 Å². The smallest absolute Gasteiger partial charge is 0.146 e. The lowest BCUT2D eigenvalue weighted by Crippen LogP contribution is -2.26. The second-order valence-corrected chi connectivity index (χ2v) is 5.83. The lowest BCUT2D eigenvalue weighted by atomic mass is 9.86. The van der Waals surface area contributed by atoms with E-state index >= 15 is 0 Å². The molecule has 105 valence electrons. The van der Waals surface area contributed by atoms with Crippen LogP contribution in [0, 0.1) is 12.7 Å². The molecule has 0 fully saturated rings. The van der Waals surface area contributed by atoms with Gasteiger partial charge in [0.1, 0.15) is 5.82 Å². The van der Waals surface area contributed by atoms with Gasteiger partial charge in [0, 0.05) is 13.1 Å². The Morgan fingerprint density at radius 2 is 1.95 bits per heavy atom. The molecule has 0 heterocycles. The zero-order valence-corrected chi connectivity index (χ0v) is 12.4. The van der Waals surface area contributed by atoms with Crippen LogP contribution in [0.1, 0.15) is 39.2 Å². The van der Waals surface area contributed by atoms with Crippen molar-refractivity contribution >= 4 is 5.69 Å². The SMILES string of the molecule is [CH2]CCN(CCC=C)c1cc(C(C)(C)C)ccc1F. The van der Waals surface area contributed by atoms with Gasteiger partial charge in [-0.05, 0) is 36.0 Å². The molecule has 0 aliphatic carbocycles. The molecule has 0 aliphatic rings. The zero-order chi connectivity index (χ0) is 14.5. The van der Waals surface area contributed by atoms with E-state index in [1.54, 1.807) is 6.07 Å². The normalized spacial score (nSPS) is 11.4. The van der Waals surface area contributed by atoms with Crippen LogP contribution in [0.5, 0.6) is 0 Å². The van der Waals surface area contributed by atoms with Crippen LogP contribution in [0.4, 0.5) is 10.1 Å². The summed E-state index contributed by atoms with van der Waals surface area (Å²) in [6.07, 6.45) is 3.47. The van der Waals surface area contributed by atoms with Crippen molar-refractivity contribution < 1.29 is 4.39 Å². The van der Waals surface area contributed by atoms with Gasteiger partial charge in [-0.25, -0.2) is 4.39 Å². The van der Waals surface area contributed by atoms with Gasteiger partial charge in [-0.2, -0.15) is 0 Å². The summed E-state index contributed by atoms with van der Waals surface area (Å²) in [5.74, 6) is -0.162. The molecule has 0 bridgehead atoms. The Balaban J connectivity index is 3.09. The van der Waals surface area contributed by atoms with Crippen molar-refractivity contribution in [1.82, 2.24) is 0 Å². The number of rotatable bonds is 6. The number of halogens is 1. The summed E-state index contributed by atoms with van der Waals surface area (Å²) in [6.45, 7) is 15.6. The average Bonchev–Trinajstić information content (AvgIpc) is 2.34. The highest BCUT2D eigenvalue weighted by molar-refractivity contribution is 5.51. The summed E-state index contributed by atoms with van der Waals surface area (Å²) in [5.41, 5.74) is 1.85. The minimum Gasteiger partial charge on any atom is -0.369 e. The first-order valence-electron chi connectivity index (χ1n) is 6.85. The summed E-state index contributed by atoms with van der Waals surface area (Å²) in [6, 6.07) is 5.41. The van der Waals surface area contributed by atoms with Crippen LogP contribution in [0.25, 0.3) is 0 Å². The first kappa shape index (κ1) is 15.7. The summed E-state index contributed by atoms with van der Waals surface area (Å²) in [5, 5.41) is 0. The zero-order valence-electron chi connectivity index (χ0n) is 12.4. The van der Waals surface area contributed by atoms with Crippen LogP contribution < -0.4 is 4.90 Å². The first-order valence-corrected chi connectivity index (χ1v) is 6.85. The third-order valence-corrected chi connectivity index (χ3v) is 3.18. The van der Waals surface area contributed by atoms with E-state index in [-0.39, 0.29) is 11.2 Å². The highest BCUT2D eigenvalue weighted by atomic mass is 19.1. The molecule has 1 radical (unpaired) electrons. The Kier molecular flexibility index (Phi) is 5.59. The number of benzene rings is 1. The molecule has 1 rings (SSSR count). The molecule has 1 nitrogen and oxygen atoms in total. The molecular weight excluding hydrogens is 237 g/mol. The molecule has 0 spiro atoms. The molecular formula is C17H25FN. The molecule has 0 atom stereocenters. The highest BCUT2D eigenvalue weighted by Crippen LogP contribution is 2.28. The fourth-order valence-electron chi connectivity index (χ4n) is 2.01. The van der Waals surface area contributed by atoms with Crippen LogP contribution in [0.2, 0.25) is 0 Å².